The third kappa shape index (κ3) is 7.83. The summed E-state index contributed by atoms with van der Waals surface area (Å²) in [4.78, 5) is 0. The minimum atomic E-state index is -7.32. The Kier molecular flexibility index (Phi) is 11.2. The van der Waals surface area contributed by atoms with E-state index in [2.05, 4.69) is 0 Å². The molecule has 0 aromatic rings. The van der Waals surface area contributed by atoms with Gasteiger partial charge in [-0.2, -0.15) is 48.3 Å². The summed E-state index contributed by atoms with van der Waals surface area (Å²) in [6.45, 7) is 1.74. The molecule has 13 heteroatoms. The van der Waals surface area contributed by atoms with Gasteiger partial charge in [-0.3, -0.25) is 0 Å². The lowest BCUT2D eigenvalue weighted by Crippen LogP contribution is -2.66. The molecule has 0 saturated carbocycles. The van der Waals surface area contributed by atoms with E-state index in [0.717, 1.165) is 38.7 Å². The van der Waals surface area contributed by atoms with Gasteiger partial charge in [0.15, 0.2) is 0 Å². The summed E-state index contributed by atoms with van der Waals surface area (Å²) in [5.74, 6) is -27.3. The van der Waals surface area contributed by atoms with Crippen LogP contribution in [0, 0.1) is 0 Å². The van der Waals surface area contributed by atoms with Crippen molar-refractivity contribution in [1.29, 1.82) is 0 Å². The number of rotatable bonds is 15. The highest BCUT2D eigenvalue weighted by Gasteiger charge is 2.86. The van der Waals surface area contributed by atoms with Gasteiger partial charge in [0.05, 0.1) is 12.7 Å². The Hall–Kier alpha value is -0.850. The van der Waals surface area contributed by atoms with Crippen molar-refractivity contribution in [3.63, 3.8) is 0 Å². The van der Waals surface area contributed by atoms with Gasteiger partial charge in [0, 0.05) is 19.6 Å². The van der Waals surface area contributed by atoms with Gasteiger partial charge >= 0.3 is 29.9 Å². The Morgan fingerprint density at radius 1 is 0.636 bits per heavy atom. The monoisotopic (exact) mass is 510 g/mol. The van der Waals surface area contributed by atoms with Crippen LogP contribution in [0.4, 0.5) is 48.3 Å². The summed E-state index contributed by atoms with van der Waals surface area (Å²) in [6.07, 6.45) is -3.74. The molecular weight excluding hydrogens is 481 g/mol. The summed E-state index contributed by atoms with van der Waals surface area (Å²) in [5.41, 5.74) is 0. The average Bonchev–Trinajstić information content (AvgIpc) is 2.71. The molecule has 0 spiro atoms. The van der Waals surface area contributed by atoms with Crippen molar-refractivity contribution in [2.45, 2.75) is 107 Å². The van der Waals surface area contributed by atoms with E-state index < -0.39 is 42.7 Å². The third-order valence-corrected chi connectivity index (χ3v) is 5.46. The lowest BCUT2D eigenvalue weighted by molar-refractivity contribution is -0.422. The average molecular weight is 510 g/mol. The van der Waals surface area contributed by atoms with Crippen molar-refractivity contribution in [1.82, 2.24) is 0 Å². The highest BCUT2D eigenvalue weighted by molar-refractivity contribution is 5.06. The van der Waals surface area contributed by atoms with Gasteiger partial charge in [-0.25, -0.2) is 0 Å². The molecule has 0 aromatic carbocycles. The van der Waals surface area contributed by atoms with E-state index in [1.807, 2.05) is 0 Å². The van der Waals surface area contributed by atoms with Crippen LogP contribution in [0.2, 0.25) is 0 Å². The van der Waals surface area contributed by atoms with E-state index in [-0.39, 0.29) is 18.9 Å². The van der Waals surface area contributed by atoms with Gasteiger partial charge in [-0.05, 0) is 32.1 Å². The first-order chi connectivity index (χ1) is 15.1. The largest absolute Gasteiger partial charge is 0.460 e. The van der Waals surface area contributed by atoms with E-state index >= 15 is 0 Å². The predicted octanol–water partition coefficient (Wildman–Crippen LogP) is 7.80. The van der Waals surface area contributed by atoms with Crippen LogP contribution >= 0.6 is 0 Å². The van der Waals surface area contributed by atoms with Crippen molar-refractivity contribution in [2.24, 2.45) is 0 Å². The first-order valence-electron chi connectivity index (χ1n) is 10.9. The smallest absolute Gasteiger partial charge is 0.379 e. The second-order valence-corrected chi connectivity index (χ2v) is 8.21. The van der Waals surface area contributed by atoms with E-state index in [9.17, 15) is 48.3 Å². The van der Waals surface area contributed by atoms with Gasteiger partial charge in [-0.15, -0.1) is 0 Å². The van der Waals surface area contributed by atoms with Crippen LogP contribution in [0.25, 0.3) is 0 Å². The van der Waals surface area contributed by atoms with Gasteiger partial charge in [0.1, 0.15) is 0 Å². The lowest BCUT2D eigenvalue weighted by atomic mass is 9.94. The minimum Gasteiger partial charge on any atom is -0.379 e. The topological polar surface area (TPSA) is 18.5 Å². The molecule has 1 unspecified atom stereocenters. The van der Waals surface area contributed by atoms with Crippen molar-refractivity contribution < 1.29 is 57.8 Å². The number of hydrogen-bond acceptors (Lipinski definition) is 2. The molecule has 1 aliphatic heterocycles. The predicted molar refractivity (Wildman–Crippen MR) is 97.2 cm³/mol. The van der Waals surface area contributed by atoms with Crippen LogP contribution in [0.3, 0.4) is 0 Å². The number of hydrogen-bond donors (Lipinski definition) is 0. The molecule has 0 radical (unpaired) electrons. The maximum atomic E-state index is 13.5. The summed E-state index contributed by atoms with van der Waals surface area (Å²) in [5, 5.41) is 0. The van der Waals surface area contributed by atoms with Crippen LogP contribution < -0.4 is 0 Å². The number of alkyl halides is 11. The van der Waals surface area contributed by atoms with Crippen molar-refractivity contribution >= 4 is 0 Å². The number of halogens is 11. The maximum absolute atomic E-state index is 13.5. The zero-order valence-corrected chi connectivity index (χ0v) is 18.0. The first kappa shape index (κ1) is 30.2. The summed E-state index contributed by atoms with van der Waals surface area (Å²) >= 11 is 0. The summed E-state index contributed by atoms with van der Waals surface area (Å²) < 4.78 is 153. The van der Waals surface area contributed by atoms with Crippen LogP contribution in [-0.4, -0.2) is 55.8 Å². The molecule has 1 heterocycles. The van der Waals surface area contributed by atoms with Gasteiger partial charge in [0.25, 0.3) is 0 Å². The molecule has 1 aliphatic rings. The fraction of sp³-hybridized carbons (Fsp3) is 1.00. The van der Waals surface area contributed by atoms with Crippen LogP contribution in [0.5, 0.6) is 0 Å². The maximum Gasteiger partial charge on any atom is 0.460 e. The molecule has 0 amide bonds. The fourth-order valence-electron chi connectivity index (χ4n) is 3.35. The Labute approximate surface area is 185 Å². The zero-order valence-electron chi connectivity index (χ0n) is 18.0. The Morgan fingerprint density at radius 2 is 1.18 bits per heavy atom. The van der Waals surface area contributed by atoms with Crippen molar-refractivity contribution in [2.75, 3.05) is 19.8 Å². The van der Waals surface area contributed by atoms with Crippen LogP contribution in [0.1, 0.15) is 70.6 Å². The van der Waals surface area contributed by atoms with Crippen molar-refractivity contribution in [3.8, 4) is 0 Å². The van der Waals surface area contributed by atoms with E-state index in [1.165, 1.54) is 0 Å². The molecule has 1 saturated heterocycles. The van der Waals surface area contributed by atoms with Crippen molar-refractivity contribution in [3.05, 3.63) is 0 Å². The highest BCUT2D eigenvalue weighted by atomic mass is 19.4. The summed E-state index contributed by atoms with van der Waals surface area (Å²) in [6, 6.07) is 0. The highest BCUT2D eigenvalue weighted by Crippen LogP contribution is 2.58. The molecule has 2 nitrogen and oxygen atoms in total. The molecule has 0 N–H and O–H groups in total. The molecule has 198 valence electrons. The first-order valence-corrected chi connectivity index (χ1v) is 10.9. The van der Waals surface area contributed by atoms with E-state index in [1.54, 1.807) is 0 Å². The number of unbranched alkanes of at least 4 members (excludes halogenated alkanes) is 6. The minimum absolute atomic E-state index is 0.0948. The Balaban J connectivity index is 2.25. The standard InChI is InChI=1S/C20H29F11O2/c21-16(22,17(23,24)18(25,26)19(27,28)20(29,30)31)11-7-4-2-1-3-5-8-12-32-14-15-10-6-9-13-33-15/h15H,1-14H2. The van der Waals surface area contributed by atoms with Crippen LogP contribution in [-0.2, 0) is 9.47 Å². The lowest BCUT2D eigenvalue weighted by Gasteiger charge is -2.37. The second-order valence-electron chi connectivity index (χ2n) is 8.21. The number of ether oxygens (including phenoxy) is 2. The molecule has 1 rings (SSSR count). The van der Waals surface area contributed by atoms with E-state index in [0.29, 0.717) is 26.1 Å². The molecule has 1 atom stereocenters. The van der Waals surface area contributed by atoms with Gasteiger partial charge in [-0.1, -0.05) is 32.1 Å². The third-order valence-electron chi connectivity index (χ3n) is 5.46. The van der Waals surface area contributed by atoms with Gasteiger partial charge in [0.2, 0.25) is 0 Å². The molecule has 0 aromatic heterocycles. The second kappa shape index (κ2) is 12.2. The quantitative estimate of drug-likeness (QED) is 0.165. The molecule has 1 fully saturated rings. The molecular formula is C20H29F11O2. The normalized spacial score (nSPS) is 19.2. The zero-order chi connectivity index (χ0) is 25.4. The fourth-order valence-corrected chi connectivity index (χ4v) is 3.35. The Morgan fingerprint density at radius 3 is 1.70 bits per heavy atom. The van der Waals surface area contributed by atoms with E-state index in [4.69, 9.17) is 9.47 Å². The SMILES string of the molecule is FC(F)(F)C(F)(F)C(F)(F)C(F)(F)C(F)(F)CCCCCCCCCOCC1CCCCO1. The molecule has 33 heavy (non-hydrogen) atoms. The van der Waals surface area contributed by atoms with Gasteiger partial charge < -0.3 is 9.47 Å². The van der Waals surface area contributed by atoms with Crippen LogP contribution in [0.15, 0.2) is 0 Å². The molecule has 0 bridgehead atoms. The Bertz CT molecular complexity index is 559. The molecule has 0 aliphatic carbocycles. The summed E-state index contributed by atoms with van der Waals surface area (Å²) in [7, 11) is 0.